The van der Waals surface area contributed by atoms with E-state index >= 15 is 0 Å². The lowest BCUT2D eigenvalue weighted by Gasteiger charge is -2.10. The number of para-hydroxylation sites is 1. The van der Waals surface area contributed by atoms with Gasteiger partial charge in [-0.05, 0) is 36.2 Å². The van der Waals surface area contributed by atoms with Gasteiger partial charge in [0.25, 0.3) is 0 Å². The van der Waals surface area contributed by atoms with Crippen LogP contribution in [0.25, 0.3) is 0 Å². The molecule has 0 atom stereocenters. The van der Waals surface area contributed by atoms with Crippen LogP contribution in [0.3, 0.4) is 0 Å². The highest BCUT2D eigenvalue weighted by molar-refractivity contribution is 9.09. The van der Waals surface area contributed by atoms with Gasteiger partial charge in [-0.1, -0.05) is 46.3 Å². The van der Waals surface area contributed by atoms with Crippen LogP contribution >= 0.6 is 15.9 Å². The molecule has 0 aliphatic heterocycles. The average molecular weight is 335 g/mol. The number of ether oxygens (including phenoxy) is 1. The lowest BCUT2D eigenvalue weighted by molar-refractivity contribution is 0.318. The molecule has 0 aromatic heterocycles. The number of hydrazine groups is 1. The van der Waals surface area contributed by atoms with E-state index in [9.17, 15) is 0 Å². The molecule has 0 bridgehead atoms. The van der Waals surface area contributed by atoms with Gasteiger partial charge in [0.05, 0.1) is 6.61 Å². The van der Waals surface area contributed by atoms with E-state index < -0.39 is 0 Å². The van der Waals surface area contributed by atoms with E-state index in [1.165, 1.54) is 5.56 Å². The topological polar surface area (TPSA) is 33.3 Å². The third kappa shape index (κ3) is 5.23. The van der Waals surface area contributed by atoms with E-state index in [1.807, 2.05) is 42.5 Å². The minimum atomic E-state index is 0.740. The number of halogens is 1. The molecular formula is C16H19BrN2O. The average Bonchev–Trinajstić information content (AvgIpc) is 2.49. The summed E-state index contributed by atoms with van der Waals surface area (Å²) in [6, 6.07) is 18.2. The summed E-state index contributed by atoms with van der Waals surface area (Å²) in [7, 11) is 0. The van der Waals surface area contributed by atoms with Crippen molar-refractivity contribution in [2.75, 3.05) is 17.4 Å². The summed E-state index contributed by atoms with van der Waals surface area (Å²) < 4.78 is 5.67. The maximum atomic E-state index is 5.67. The number of hydrogen-bond donors (Lipinski definition) is 2. The van der Waals surface area contributed by atoms with Crippen LogP contribution in [-0.2, 0) is 6.54 Å². The Balaban J connectivity index is 1.79. The second-order valence-corrected chi connectivity index (χ2v) is 5.18. The minimum Gasteiger partial charge on any atom is -0.494 e. The Hall–Kier alpha value is -1.52. The molecule has 0 aliphatic carbocycles. The highest BCUT2D eigenvalue weighted by Gasteiger charge is 1.97. The molecular weight excluding hydrogens is 316 g/mol. The number of benzene rings is 2. The van der Waals surface area contributed by atoms with E-state index in [0.29, 0.717) is 0 Å². The highest BCUT2D eigenvalue weighted by atomic mass is 79.9. The van der Waals surface area contributed by atoms with E-state index in [4.69, 9.17) is 4.74 Å². The summed E-state index contributed by atoms with van der Waals surface area (Å²) in [5, 5.41) is 0.968. The van der Waals surface area contributed by atoms with Crippen LogP contribution in [0, 0.1) is 0 Å². The molecule has 0 fully saturated rings. The van der Waals surface area contributed by atoms with Crippen LogP contribution in [0.15, 0.2) is 54.6 Å². The first-order valence-electron chi connectivity index (χ1n) is 6.70. The van der Waals surface area contributed by atoms with Gasteiger partial charge in [0.15, 0.2) is 0 Å². The van der Waals surface area contributed by atoms with Gasteiger partial charge in [-0.2, -0.15) is 0 Å². The summed E-state index contributed by atoms with van der Waals surface area (Å²) in [6.07, 6.45) is 1.01. The Morgan fingerprint density at radius 3 is 2.65 bits per heavy atom. The molecule has 106 valence electrons. The van der Waals surface area contributed by atoms with Crippen LogP contribution in [0.5, 0.6) is 5.75 Å². The number of rotatable bonds is 8. The van der Waals surface area contributed by atoms with Crippen LogP contribution < -0.4 is 15.6 Å². The molecule has 0 saturated carbocycles. The molecule has 2 rings (SSSR count). The predicted octanol–water partition coefficient (Wildman–Crippen LogP) is 3.97. The second kappa shape index (κ2) is 8.61. The van der Waals surface area contributed by atoms with Crippen molar-refractivity contribution in [2.24, 2.45) is 0 Å². The predicted molar refractivity (Wildman–Crippen MR) is 87.3 cm³/mol. The Morgan fingerprint density at radius 2 is 1.85 bits per heavy atom. The van der Waals surface area contributed by atoms with Gasteiger partial charge in [0, 0.05) is 17.6 Å². The van der Waals surface area contributed by atoms with Crippen LogP contribution in [0.2, 0.25) is 0 Å². The zero-order valence-electron chi connectivity index (χ0n) is 11.3. The second-order valence-electron chi connectivity index (χ2n) is 4.38. The third-order valence-corrected chi connectivity index (χ3v) is 3.30. The Morgan fingerprint density at radius 1 is 1.00 bits per heavy atom. The number of anilines is 1. The molecule has 0 unspecified atom stereocenters. The summed E-state index contributed by atoms with van der Waals surface area (Å²) >= 11 is 3.40. The summed E-state index contributed by atoms with van der Waals surface area (Å²) in [4.78, 5) is 0. The van der Waals surface area contributed by atoms with E-state index in [-0.39, 0.29) is 0 Å². The van der Waals surface area contributed by atoms with E-state index in [0.717, 1.165) is 36.3 Å². The van der Waals surface area contributed by atoms with Crippen molar-refractivity contribution in [1.29, 1.82) is 0 Å². The number of hydrogen-bond acceptors (Lipinski definition) is 3. The normalized spacial score (nSPS) is 10.2. The molecule has 20 heavy (non-hydrogen) atoms. The molecule has 0 amide bonds. The fourth-order valence-corrected chi connectivity index (χ4v) is 1.99. The third-order valence-electron chi connectivity index (χ3n) is 2.74. The quantitative estimate of drug-likeness (QED) is 0.435. The molecule has 0 saturated heterocycles. The molecule has 2 N–H and O–H groups in total. The van der Waals surface area contributed by atoms with E-state index in [1.54, 1.807) is 0 Å². The SMILES string of the molecule is BrCCCOc1cccc(CNNc2ccccc2)c1. The van der Waals surface area contributed by atoms with Crippen LogP contribution in [0.1, 0.15) is 12.0 Å². The Kier molecular flexibility index (Phi) is 6.41. The smallest absolute Gasteiger partial charge is 0.119 e. The van der Waals surface area contributed by atoms with Crippen molar-refractivity contribution >= 4 is 21.6 Å². The fourth-order valence-electron chi connectivity index (χ4n) is 1.76. The highest BCUT2D eigenvalue weighted by Crippen LogP contribution is 2.13. The maximum Gasteiger partial charge on any atom is 0.119 e. The number of nitrogens with one attached hydrogen (secondary N) is 2. The summed E-state index contributed by atoms with van der Waals surface area (Å²) in [5.74, 6) is 0.921. The molecule has 0 heterocycles. The zero-order valence-corrected chi connectivity index (χ0v) is 12.9. The Labute approximate surface area is 128 Å². The first kappa shape index (κ1) is 14.9. The lowest BCUT2D eigenvalue weighted by Crippen LogP contribution is -2.20. The molecule has 0 aliphatic rings. The van der Waals surface area contributed by atoms with Gasteiger partial charge < -0.3 is 10.2 Å². The molecule has 2 aromatic rings. The maximum absolute atomic E-state index is 5.67. The monoisotopic (exact) mass is 334 g/mol. The summed E-state index contributed by atoms with van der Waals surface area (Å²) in [6.45, 7) is 1.48. The van der Waals surface area contributed by atoms with Gasteiger partial charge in [-0.3, -0.25) is 0 Å². The van der Waals surface area contributed by atoms with Crippen molar-refractivity contribution in [2.45, 2.75) is 13.0 Å². The Bertz CT molecular complexity index is 505. The lowest BCUT2D eigenvalue weighted by atomic mass is 10.2. The first-order valence-corrected chi connectivity index (χ1v) is 7.82. The van der Waals surface area contributed by atoms with Gasteiger partial charge in [0.2, 0.25) is 0 Å². The van der Waals surface area contributed by atoms with Crippen LogP contribution in [0.4, 0.5) is 5.69 Å². The van der Waals surface area contributed by atoms with Gasteiger partial charge in [0.1, 0.15) is 5.75 Å². The first-order chi connectivity index (χ1) is 9.88. The van der Waals surface area contributed by atoms with Crippen LogP contribution in [-0.4, -0.2) is 11.9 Å². The fraction of sp³-hybridized carbons (Fsp3) is 0.250. The van der Waals surface area contributed by atoms with Crippen molar-refractivity contribution in [1.82, 2.24) is 5.43 Å². The molecule has 4 heteroatoms. The van der Waals surface area contributed by atoms with Crippen molar-refractivity contribution in [3.8, 4) is 5.75 Å². The minimum absolute atomic E-state index is 0.740. The van der Waals surface area contributed by atoms with Gasteiger partial charge in [-0.25, -0.2) is 5.43 Å². The standard InChI is InChI=1S/C16H19BrN2O/c17-10-5-11-20-16-9-4-6-14(12-16)13-18-19-15-7-2-1-3-8-15/h1-4,6-9,12,18-19H,5,10-11,13H2. The summed E-state index contributed by atoms with van der Waals surface area (Å²) in [5.41, 5.74) is 8.61. The van der Waals surface area contributed by atoms with Crippen molar-refractivity contribution in [3.05, 3.63) is 60.2 Å². The number of alkyl halides is 1. The molecule has 2 aromatic carbocycles. The van der Waals surface area contributed by atoms with Gasteiger partial charge in [-0.15, -0.1) is 0 Å². The zero-order chi connectivity index (χ0) is 14.0. The van der Waals surface area contributed by atoms with Gasteiger partial charge >= 0.3 is 0 Å². The van der Waals surface area contributed by atoms with Crippen molar-refractivity contribution < 1.29 is 4.74 Å². The molecule has 0 radical (unpaired) electrons. The molecule has 0 spiro atoms. The van der Waals surface area contributed by atoms with E-state index in [2.05, 4.69) is 38.9 Å². The molecule has 3 nitrogen and oxygen atoms in total. The van der Waals surface area contributed by atoms with Crippen molar-refractivity contribution in [3.63, 3.8) is 0 Å². The largest absolute Gasteiger partial charge is 0.494 e.